The van der Waals surface area contributed by atoms with Gasteiger partial charge in [0.05, 0.1) is 53.1 Å². The first kappa shape index (κ1) is 27.4. The Bertz CT molecular complexity index is 1340. The van der Waals surface area contributed by atoms with Crippen LogP contribution in [-0.4, -0.2) is 79.8 Å². The second kappa shape index (κ2) is 12.2. The normalized spacial score (nSPS) is 15.1. The van der Waals surface area contributed by atoms with Gasteiger partial charge in [0, 0.05) is 19.3 Å². The second-order valence-corrected chi connectivity index (χ2v) is 12.3. The minimum Gasteiger partial charge on any atom is -0.377 e. The van der Waals surface area contributed by atoms with Crippen molar-refractivity contribution in [1.82, 2.24) is 10.6 Å². The number of aliphatic imine (C=N–C) groups is 2. The Hall–Kier alpha value is -3.19. The molecule has 0 fully saturated rings. The lowest BCUT2D eigenvalue weighted by Gasteiger charge is -2.11. The quantitative estimate of drug-likeness (QED) is 0.353. The van der Waals surface area contributed by atoms with Crippen molar-refractivity contribution < 1.29 is 21.2 Å². The van der Waals surface area contributed by atoms with Crippen molar-refractivity contribution in [3.8, 4) is 0 Å². The van der Waals surface area contributed by atoms with Crippen molar-refractivity contribution >= 4 is 42.7 Å². The van der Waals surface area contributed by atoms with E-state index < -0.39 is 25.5 Å². The van der Waals surface area contributed by atoms with Crippen molar-refractivity contribution in [2.24, 2.45) is 9.98 Å². The van der Waals surface area contributed by atoms with Crippen LogP contribution in [0.3, 0.4) is 0 Å². The maximum Gasteiger partial charge on any atom is 0.180 e. The van der Waals surface area contributed by atoms with E-state index in [1.807, 2.05) is 6.07 Å². The Kier molecular flexibility index (Phi) is 9.26. The molecule has 13 heteroatoms. The topological polar surface area (TPSA) is 141 Å². The summed E-state index contributed by atoms with van der Waals surface area (Å²) in [5.74, 6) is 1.24. The van der Waals surface area contributed by atoms with Crippen molar-refractivity contribution in [2.75, 3.05) is 61.9 Å². The third-order valence-corrected chi connectivity index (χ3v) is 8.26. The molecular formula is C23H31FN6O4S2. The average molecular weight is 539 g/mol. The number of hydrogen-bond donors (Lipinski definition) is 4. The molecule has 0 radical (unpaired) electrons. The molecule has 2 aliphatic rings. The van der Waals surface area contributed by atoms with E-state index in [2.05, 4.69) is 31.3 Å². The molecule has 0 spiro atoms. The molecule has 0 saturated heterocycles. The van der Waals surface area contributed by atoms with Crippen molar-refractivity contribution in [3.63, 3.8) is 0 Å². The number of rotatable bonds is 9. The van der Waals surface area contributed by atoms with Crippen LogP contribution < -0.4 is 21.3 Å². The molecule has 196 valence electrons. The van der Waals surface area contributed by atoms with Crippen LogP contribution in [0.2, 0.25) is 0 Å². The van der Waals surface area contributed by atoms with Gasteiger partial charge < -0.3 is 21.3 Å². The maximum absolute atomic E-state index is 13.2. The molecule has 2 aromatic carbocycles. The van der Waals surface area contributed by atoms with Crippen LogP contribution in [0.4, 0.5) is 15.8 Å². The maximum atomic E-state index is 13.2. The molecule has 0 bridgehead atoms. The summed E-state index contributed by atoms with van der Waals surface area (Å²) < 4.78 is 60.1. The first-order valence-corrected chi connectivity index (χ1v) is 15.0. The molecule has 2 heterocycles. The van der Waals surface area contributed by atoms with Crippen molar-refractivity contribution in [2.45, 2.75) is 16.7 Å². The molecule has 2 aliphatic heterocycles. The Balaban J connectivity index is 0.000000201. The monoisotopic (exact) mass is 538 g/mol. The number of para-hydroxylation sites is 1. The minimum absolute atomic E-state index is 0.0856. The summed E-state index contributed by atoms with van der Waals surface area (Å²) in [4.78, 5) is 8.86. The number of benzene rings is 2. The fourth-order valence-electron chi connectivity index (χ4n) is 3.49. The van der Waals surface area contributed by atoms with E-state index in [9.17, 15) is 21.2 Å². The summed E-state index contributed by atoms with van der Waals surface area (Å²) in [6.07, 6.45) is 1.09. The van der Waals surface area contributed by atoms with E-state index in [0.29, 0.717) is 30.2 Å². The molecule has 0 amide bonds. The van der Waals surface area contributed by atoms with E-state index >= 15 is 0 Å². The van der Waals surface area contributed by atoms with Gasteiger partial charge in [-0.25, -0.2) is 21.2 Å². The van der Waals surface area contributed by atoms with Gasteiger partial charge in [-0.1, -0.05) is 19.1 Å². The number of anilines is 2. The van der Waals surface area contributed by atoms with Crippen LogP contribution in [0.15, 0.2) is 62.2 Å². The molecule has 4 N–H and O–H groups in total. The zero-order valence-corrected chi connectivity index (χ0v) is 21.8. The first-order chi connectivity index (χ1) is 17.1. The van der Waals surface area contributed by atoms with Gasteiger partial charge in [0.1, 0.15) is 17.5 Å². The highest BCUT2D eigenvalue weighted by atomic mass is 32.2. The van der Waals surface area contributed by atoms with E-state index in [-0.39, 0.29) is 16.3 Å². The van der Waals surface area contributed by atoms with Crippen molar-refractivity contribution in [3.05, 3.63) is 48.3 Å². The van der Waals surface area contributed by atoms with Gasteiger partial charge in [-0.2, -0.15) is 0 Å². The minimum atomic E-state index is -3.39. The van der Waals surface area contributed by atoms with Crippen LogP contribution in [0.1, 0.15) is 6.92 Å². The predicted octanol–water partition coefficient (Wildman–Crippen LogP) is 1.54. The second-order valence-electron chi connectivity index (χ2n) is 8.03. The third kappa shape index (κ3) is 7.65. The van der Waals surface area contributed by atoms with Gasteiger partial charge in [0.25, 0.3) is 0 Å². The fourth-order valence-corrected chi connectivity index (χ4v) is 5.41. The Labute approximate surface area is 211 Å². The van der Waals surface area contributed by atoms with Gasteiger partial charge in [-0.05, 0) is 30.3 Å². The number of sulfone groups is 2. The molecule has 0 unspecified atom stereocenters. The number of nitrogens with one attached hydrogen (secondary N) is 4. The van der Waals surface area contributed by atoms with Gasteiger partial charge >= 0.3 is 0 Å². The van der Waals surface area contributed by atoms with Gasteiger partial charge in [0.2, 0.25) is 0 Å². The third-order valence-electron chi connectivity index (χ3n) is 5.32. The largest absolute Gasteiger partial charge is 0.377 e. The summed E-state index contributed by atoms with van der Waals surface area (Å²) >= 11 is 0. The zero-order chi connectivity index (χ0) is 26.2. The first-order valence-electron chi connectivity index (χ1n) is 11.4. The molecule has 0 aromatic heterocycles. The van der Waals surface area contributed by atoms with Crippen LogP contribution in [0, 0.1) is 5.82 Å². The summed E-state index contributed by atoms with van der Waals surface area (Å²) in [6, 6.07) is 10.5. The van der Waals surface area contributed by atoms with Crippen LogP contribution >= 0.6 is 0 Å². The molecule has 4 rings (SSSR count). The van der Waals surface area contributed by atoms with Crippen LogP contribution in [0.5, 0.6) is 0 Å². The van der Waals surface area contributed by atoms with Gasteiger partial charge in [-0.15, -0.1) is 0 Å². The fraction of sp³-hybridized carbons (Fsp3) is 0.391. The Morgan fingerprint density at radius 3 is 1.97 bits per heavy atom. The van der Waals surface area contributed by atoms with E-state index in [1.54, 1.807) is 25.1 Å². The number of amidine groups is 2. The van der Waals surface area contributed by atoms with Gasteiger partial charge in [0.15, 0.2) is 19.7 Å². The van der Waals surface area contributed by atoms with E-state index in [1.165, 1.54) is 12.1 Å². The Morgan fingerprint density at radius 2 is 1.44 bits per heavy atom. The Morgan fingerprint density at radius 1 is 0.861 bits per heavy atom. The lowest BCUT2D eigenvalue weighted by atomic mass is 10.3. The standard InChI is InChI=1S/C12H17N3O2S.C11H14FN3O2S/c1-2-18(16,17)11-6-4-3-5-10(11)15-9-12-13-7-8-14-12;1-18(16,17)10-3-2-8(12)6-9(10)15-7-11-13-4-5-14-11/h3-6,15H,2,7-9H2,1H3,(H,13,14);2-3,6,15H,4-5,7H2,1H3,(H,13,14). The molecule has 0 aliphatic carbocycles. The summed E-state index contributed by atoms with van der Waals surface area (Å²) in [5, 5.41) is 12.2. The van der Waals surface area contributed by atoms with E-state index in [0.717, 1.165) is 43.6 Å². The highest BCUT2D eigenvalue weighted by molar-refractivity contribution is 7.91. The lowest BCUT2D eigenvalue weighted by Crippen LogP contribution is -2.26. The molecule has 2 aromatic rings. The molecule has 0 saturated carbocycles. The van der Waals surface area contributed by atoms with Crippen molar-refractivity contribution in [1.29, 1.82) is 0 Å². The molecular weight excluding hydrogens is 507 g/mol. The number of halogens is 1. The number of hydrogen-bond acceptors (Lipinski definition) is 10. The number of nitrogens with zero attached hydrogens (tertiary/aromatic N) is 2. The highest BCUT2D eigenvalue weighted by Gasteiger charge is 2.17. The zero-order valence-electron chi connectivity index (χ0n) is 20.2. The predicted molar refractivity (Wildman–Crippen MR) is 141 cm³/mol. The smallest absolute Gasteiger partial charge is 0.180 e. The highest BCUT2D eigenvalue weighted by Crippen LogP contribution is 2.23. The lowest BCUT2D eigenvalue weighted by molar-refractivity contribution is 0.596. The molecule has 10 nitrogen and oxygen atoms in total. The molecule has 36 heavy (non-hydrogen) atoms. The van der Waals surface area contributed by atoms with Crippen LogP contribution in [-0.2, 0) is 19.7 Å². The molecule has 0 atom stereocenters. The van der Waals surface area contributed by atoms with E-state index in [4.69, 9.17) is 0 Å². The summed E-state index contributed by atoms with van der Waals surface area (Å²) in [7, 11) is -6.58. The van der Waals surface area contributed by atoms with Crippen LogP contribution in [0.25, 0.3) is 0 Å². The average Bonchev–Trinajstić information content (AvgIpc) is 3.56. The SMILES string of the molecule is CCS(=O)(=O)c1ccccc1NCC1=NCCN1.CS(=O)(=O)c1ccc(F)cc1NCC1=NCCN1. The van der Waals surface area contributed by atoms with Gasteiger partial charge in [-0.3, -0.25) is 9.98 Å². The summed E-state index contributed by atoms with van der Waals surface area (Å²) in [6.45, 7) is 5.65. The summed E-state index contributed by atoms with van der Waals surface area (Å²) in [5.41, 5.74) is 0.893.